The van der Waals surface area contributed by atoms with Crippen LogP contribution in [0.5, 0.6) is 0 Å². The number of aromatic nitrogens is 4. The van der Waals surface area contributed by atoms with Crippen molar-refractivity contribution < 1.29 is 4.79 Å². The van der Waals surface area contributed by atoms with Gasteiger partial charge in [0.2, 0.25) is 11.7 Å². The molecule has 2 aromatic heterocycles. The molecule has 0 bridgehead atoms. The highest BCUT2D eigenvalue weighted by atomic mass is 32.2. The van der Waals surface area contributed by atoms with Crippen molar-refractivity contribution in [2.24, 2.45) is 7.05 Å². The molecule has 4 aromatic rings. The second kappa shape index (κ2) is 7.28. The molecule has 0 saturated carbocycles. The summed E-state index contributed by atoms with van der Waals surface area (Å²) >= 11 is 1.32. The second-order valence-corrected chi connectivity index (χ2v) is 8.89. The Labute approximate surface area is 177 Å². The number of fused-ring (bicyclic) bond motifs is 4. The van der Waals surface area contributed by atoms with Crippen LogP contribution in [0.4, 0.5) is 5.69 Å². The molecule has 1 aliphatic carbocycles. The van der Waals surface area contributed by atoms with Gasteiger partial charge >= 0.3 is 0 Å². The first-order valence-electron chi connectivity index (χ1n) is 9.95. The normalized spacial score (nSPS) is 14.2. The van der Waals surface area contributed by atoms with Crippen LogP contribution >= 0.6 is 11.8 Å². The molecular formula is C22H21N5O2S. The fraction of sp³-hybridized carbons (Fsp3) is 0.273. The van der Waals surface area contributed by atoms with Crippen molar-refractivity contribution in [1.82, 2.24) is 19.2 Å². The third-order valence-corrected chi connectivity index (χ3v) is 6.66. The number of amides is 1. The first-order valence-corrected chi connectivity index (χ1v) is 10.8. The molecule has 2 aromatic carbocycles. The molecule has 30 heavy (non-hydrogen) atoms. The molecule has 1 amide bonds. The van der Waals surface area contributed by atoms with Gasteiger partial charge in [-0.25, -0.2) is 0 Å². The van der Waals surface area contributed by atoms with Gasteiger partial charge in [-0.15, -0.1) is 10.2 Å². The number of carbonyl (C=O) groups is 1. The summed E-state index contributed by atoms with van der Waals surface area (Å²) in [4.78, 5) is 25.4. The van der Waals surface area contributed by atoms with Gasteiger partial charge < -0.3 is 5.32 Å². The minimum atomic E-state index is -0.387. The van der Waals surface area contributed by atoms with E-state index in [0.717, 1.165) is 24.0 Å². The van der Waals surface area contributed by atoms with Crippen LogP contribution in [0.25, 0.3) is 16.7 Å². The number of hydrogen-bond donors (Lipinski definition) is 1. The Balaban J connectivity index is 1.44. The molecule has 0 spiro atoms. The van der Waals surface area contributed by atoms with Gasteiger partial charge in [0.1, 0.15) is 0 Å². The molecule has 1 aliphatic rings. The monoisotopic (exact) mass is 419 g/mol. The number of aryl methyl sites for hydroxylation is 3. The SMILES string of the molecule is CC(Sc1nnc2n(C)c(=O)c3ccccc3n12)C(=O)Nc1ccc2c(c1)CCC2. The molecule has 1 unspecified atom stereocenters. The topological polar surface area (TPSA) is 81.3 Å². The van der Waals surface area contributed by atoms with Gasteiger partial charge in [0, 0.05) is 12.7 Å². The molecule has 2 heterocycles. The summed E-state index contributed by atoms with van der Waals surface area (Å²) < 4.78 is 3.31. The zero-order chi connectivity index (χ0) is 20.8. The van der Waals surface area contributed by atoms with Crippen molar-refractivity contribution in [2.45, 2.75) is 36.6 Å². The third-order valence-electron chi connectivity index (χ3n) is 5.61. The minimum absolute atomic E-state index is 0.0937. The summed E-state index contributed by atoms with van der Waals surface area (Å²) in [5, 5.41) is 12.2. The summed E-state index contributed by atoms with van der Waals surface area (Å²) in [6.45, 7) is 1.85. The lowest BCUT2D eigenvalue weighted by molar-refractivity contribution is -0.115. The maximum Gasteiger partial charge on any atom is 0.262 e. The summed E-state index contributed by atoms with van der Waals surface area (Å²) in [6, 6.07) is 13.5. The molecule has 8 heteroatoms. The van der Waals surface area contributed by atoms with E-state index in [1.165, 1.54) is 33.9 Å². The Bertz CT molecular complexity index is 1360. The number of benzene rings is 2. The predicted octanol–water partition coefficient (Wildman–Crippen LogP) is 3.19. The van der Waals surface area contributed by atoms with Crippen LogP contribution in [0.15, 0.2) is 52.4 Å². The highest BCUT2D eigenvalue weighted by molar-refractivity contribution is 8.00. The Kier molecular flexibility index (Phi) is 4.58. The number of carbonyl (C=O) groups excluding carboxylic acids is 1. The molecule has 0 aliphatic heterocycles. The van der Waals surface area contributed by atoms with Gasteiger partial charge in [0.25, 0.3) is 5.56 Å². The highest BCUT2D eigenvalue weighted by Gasteiger charge is 2.21. The first-order chi connectivity index (χ1) is 14.5. The van der Waals surface area contributed by atoms with E-state index in [4.69, 9.17) is 0 Å². The van der Waals surface area contributed by atoms with Crippen LogP contribution in [0.2, 0.25) is 0 Å². The summed E-state index contributed by atoms with van der Waals surface area (Å²) in [7, 11) is 1.68. The number of para-hydroxylation sites is 1. The number of anilines is 1. The van der Waals surface area contributed by atoms with Gasteiger partial charge in [-0.05, 0) is 61.6 Å². The summed E-state index contributed by atoms with van der Waals surface area (Å²) in [5.41, 5.74) is 4.14. The largest absolute Gasteiger partial charge is 0.325 e. The quantitative estimate of drug-likeness (QED) is 0.514. The van der Waals surface area contributed by atoms with E-state index >= 15 is 0 Å². The van der Waals surface area contributed by atoms with Gasteiger partial charge in [-0.2, -0.15) is 0 Å². The fourth-order valence-corrected chi connectivity index (χ4v) is 4.85. The number of rotatable bonds is 4. The van der Waals surface area contributed by atoms with Crippen molar-refractivity contribution in [3.05, 3.63) is 63.9 Å². The Morgan fingerprint density at radius 3 is 2.80 bits per heavy atom. The summed E-state index contributed by atoms with van der Waals surface area (Å²) in [5.74, 6) is 0.358. The van der Waals surface area contributed by atoms with Crippen LogP contribution in [0, 0.1) is 0 Å². The first kappa shape index (κ1) is 18.9. The van der Waals surface area contributed by atoms with Crippen LogP contribution in [0.1, 0.15) is 24.5 Å². The van der Waals surface area contributed by atoms with Crippen LogP contribution < -0.4 is 10.9 Å². The van der Waals surface area contributed by atoms with Crippen molar-refractivity contribution in [1.29, 1.82) is 0 Å². The number of nitrogens with one attached hydrogen (secondary N) is 1. The number of nitrogens with zero attached hydrogens (tertiary/aromatic N) is 4. The van der Waals surface area contributed by atoms with Gasteiger partial charge in [-0.1, -0.05) is 30.0 Å². The van der Waals surface area contributed by atoms with E-state index in [9.17, 15) is 9.59 Å². The average Bonchev–Trinajstić information content (AvgIpc) is 3.38. The number of hydrogen-bond acceptors (Lipinski definition) is 5. The van der Waals surface area contributed by atoms with Gasteiger partial charge in [0.15, 0.2) is 5.16 Å². The molecule has 1 N–H and O–H groups in total. The van der Waals surface area contributed by atoms with Crippen LogP contribution in [0.3, 0.4) is 0 Å². The second-order valence-electron chi connectivity index (χ2n) is 7.59. The van der Waals surface area contributed by atoms with Crippen LogP contribution in [-0.2, 0) is 24.7 Å². The van der Waals surface area contributed by atoms with Crippen molar-refractivity contribution in [3.8, 4) is 0 Å². The Hall–Kier alpha value is -3.13. The maximum absolute atomic E-state index is 12.8. The molecular weight excluding hydrogens is 398 g/mol. The molecule has 0 radical (unpaired) electrons. The zero-order valence-corrected chi connectivity index (χ0v) is 17.6. The Morgan fingerprint density at radius 2 is 1.93 bits per heavy atom. The summed E-state index contributed by atoms with van der Waals surface area (Å²) in [6.07, 6.45) is 3.36. The predicted molar refractivity (Wildman–Crippen MR) is 118 cm³/mol. The third kappa shape index (κ3) is 3.08. The highest BCUT2D eigenvalue weighted by Crippen LogP contribution is 2.27. The average molecular weight is 420 g/mol. The minimum Gasteiger partial charge on any atom is -0.325 e. The number of thioether (sulfide) groups is 1. The Morgan fingerprint density at radius 1 is 1.13 bits per heavy atom. The van der Waals surface area contributed by atoms with Crippen molar-refractivity contribution in [3.63, 3.8) is 0 Å². The standard InChI is InChI=1S/C22H21N5O2S/c1-13(19(28)23-16-11-10-14-6-5-7-15(14)12-16)30-22-25-24-21-26(2)20(29)17-8-3-4-9-18(17)27(21)22/h3-4,8-13H,5-7H2,1-2H3,(H,23,28). The van der Waals surface area contributed by atoms with Gasteiger partial charge in [0.05, 0.1) is 16.2 Å². The smallest absolute Gasteiger partial charge is 0.262 e. The molecule has 0 fully saturated rings. The fourth-order valence-electron chi connectivity index (χ4n) is 3.99. The molecule has 152 valence electrons. The maximum atomic E-state index is 12.8. The van der Waals surface area contributed by atoms with E-state index < -0.39 is 0 Å². The molecule has 0 saturated heterocycles. The molecule has 7 nitrogen and oxygen atoms in total. The van der Waals surface area contributed by atoms with E-state index in [-0.39, 0.29) is 16.7 Å². The van der Waals surface area contributed by atoms with E-state index in [1.54, 1.807) is 13.1 Å². The van der Waals surface area contributed by atoms with E-state index in [0.29, 0.717) is 16.3 Å². The molecule has 1 atom stereocenters. The molecule has 5 rings (SSSR count). The van der Waals surface area contributed by atoms with Crippen molar-refractivity contribution in [2.75, 3.05) is 5.32 Å². The lowest BCUT2D eigenvalue weighted by atomic mass is 10.1. The van der Waals surface area contributed by atoms with E-state index in [2.05, 4.69) is 27.6 Å². The van der Waals surface area contributed by atoms with Gasteiger partial charge in [-0.3, -0.25) is 18.6 Å². The van der Waals surface area contributed by atoms with E-state index in [1.807, 2.05) is 35.6 Å². The van der Waals surface area contributed by atoms with Crippen LogP contribution in [-0.4, -0.2) is 30.3 Å². The lowest BCUT2D eigenvalue weighted by Crippen LogP contribution is -2.23. The van der Waals surface area contributed by atoms with Crippen molar-refractivity contribution >= 4 is 40.0 Å². The lowest BCUT2D eigenvalue weighted by Gasteiger charge is -2.13. The zero-order valence-electron chi connectivity index (χ0n) is 16.8.